The molecule has 1 aromatic rings. The average molecular weight is 352 g/mol. The van der Waals surface area contributed by atoms with Gasteiger partial charge in [-0.2, -0.15) is 0 Å². The van der Waals surface area contributed by atoms with Crippen LogP contribution in [0.5, 0.6) is 0 Å². The van der Waals surface area contributed by atoms with E-state index >= 15 is 0 Å². The first-order valence-corrected chi connectivity index (χ1v) is 9.77. The molecule has 0 spiro atoms. The van der Waals surface area contributed by atoms with Crippen molar-refractivity contribution < 1.29 is 9.18 Å². The molecule has 0 saturated carbocycles. The van der Waals surface area contributed by atoms with Gasteiger partial charge >= 0.3 is 0 Å². The second kappa shape index (κ2) is 11.2. The lowest BCUT2D eigenvalue weighted by atomic mass is 9.97. The van der Waals surface area contributed by atoms with Gasteiger partial charge in [0.05, 0.1) is 12.2 Å². The molecule has 2 fully saturated rings. The molecule has 4 nitrogen and oxygen atoms in total. The number of alkyl halides is 1. The lowest BCUT2D eigenvalue weighted by molar-refractivity contribution is 0.0772. The molecule has 0 N–H and O–H groups in total. The highest BCUT2D eigenvalue weighted by Gasteiger charge is 2.28. The number of carbonyl (C=O) groups is 1. The number of hydrogen-bond acceptors (Lipinski definition) is 3. The van der Waals surface area contributed by atoms with Crippen molar-refractivity contribution in [2.24, 2.45) is 5.92 Å². The monoisotopic (exact) mass is 351 g/mol. The first-order valence-electron chi connectivity index (χ1n) is 9.77. The lowest BCUT2D eigenvalue weighted by Crippen LogP contribution is -2.45. The second-order valence-corrected chi connectivity index (χ2v) is 6.12. The maximum Gasteiger partial charge on any atom is 0.272 e. The van der Waals surface area contributed by atoms with Crippen molar-refractivity contribution in [3.8, 4) is 0 Å². The van der Waals surface area contributed by atoms with Gasteiger partial charge in [0.1, 0.15) is 11.9 Å². The number of carbonyl (C=O) groups excluding carboxylic acids is 1. The van der Waals surface area contributed by atoms with E-state index in [2.05, 4.69) is 16.8 Å². The molecule has 5 heteroatoms. The van der Waals surface area contributed by atoms with Gasteiger partial charge in [0.25, 0.3) is 5.91 Å². The van der Waals surface area contributed by atoms with Crippen LogP contribution >= 0.6 is 0 Å². The summed E-state index contributed by atoms with van der Waals surface area (Å²) in [5.41, 5.74) is 1.36. The topological polar surface area (TPSA) is 36.4 Å². The average Bonchev–Trinajstić information content (AvgIpc) is 3.07. The predicted molar refractivity (Wildman–Crippen MR) is 101 cm³/mol. The molecule has 0 radical (unpaired) electrons. The van der Waals surface area contributed by atoms with Gasteiger partial charge in [-0.05, 0) is 24.5 Å². The Morgan fingerprint density at radius 1 is 1.20 bits per heavy atom. The van der Waals surface area contributed by atoms with E-state index in [1.165, 1.54) is 6.42 Å². The standard InChI is InChI=1S/C16H22FN3O.2C2H6/c1-2-12-8-19(9-12)11-14-4-3-5-15(18-14)16(21)20-7-6-13(17)10-20;2*1-2/h3-5,12-13H,2,6-11H2,1H3;2*1-2H3. The summed E-state index contributed by atoms with van der Waals surface area (Å²) in [4.78, 5) is 20.7. The molecule has 142 valence electrons. The summed E-state index contributed by atoms with van der Waals surface area (Å²) in [6.45, 7) is 13.9. The van der Waals surface area contributed by atoms with Crippen LogP contribution in [0.15, 0.2) is 18.2 Å². The van der Waals surface area contributed by atoms with Crippen LogP contribution in [0.3, 0.4) is 0 Å². The largest absolute Gasteiger partial charge is 0.334 e. The Kier molecular flexibility index (Phi) is 9.65. The first-order chi connectivity index (χ1) is 12.2. The fraction of sp³-hybridized carbons (Fsp3) is 0.700. The molecular formula is C20H34FN3O. The van der Waals surface area contributed by atoms with Gasteiger partial charge in [-0.25, -0.2) is 9.37 Å². The Hall–Kier alpha value is -1.49. The van der Waals surface area contributed by atoms with Crippen LogP contribution in [0.25, 0.3) is 0 Å². The Balaban J connectivity index is 0.000000730. The fourth-order valence-corrected chi connectivity index (χ4v) is 3.04. The minimum atomic E-state index is -0.885. The zero-order valence-electron chi connectivity index (χ0n) is 16.5. The molecule has 1 amide bonds. The number of nitrogens with zero attached hydrogens (tertiary/aromatic N) is 3. The third-order valence-electron chi connectivity index (χ3n) is 4.44. The maximum absolute atomic E-state index is 13.2. The lowest BCUT2D eigenvalue weighted by Gasteiger charge is -2.38. The summed E-state index contributed by atoms with van der Waals surface area (Å²) in [5, 5.41) is 0. The van der Waals surface area contributed by atoms with E-state index in [1.807, 2.05) is 39.8 Å². The quantitative estimate of drug-likeness (QED) is 0.817. The fourth-order valence-electron chi connectivity index (χ4n) is 3.04. The maximum atomic E-state index is 13.2. The Bertz CT molecular complexity index is 517. The number of rotatable bonds is 4. The number of pyridine rings is 1. The minimum Gasteiger partial charge on any atom is -0.334 e. The molecule has 2 aliphatic rings. The zero-order valence-corrected chi connectivity index (χ0v) is 16.5. The Morgan fingerprint density at radius 2 is 1.88 bits per heavy atom. The first kappa shape index (κ1) is 21.6. The van der Waals surface area contributed by atoms with Crippen LogP contribution in [-0.4, -0.2) is 53.0 Å². The van der Waals surface area contributed by atoms with Gasteiger partial charge in [-0.1, -0.05) is 47.1 Å². The summed E-state index contributed by atoms with van der Waals surface area (Å²) in [6.07, 6.45) is 0.781. The molecule has 0 bridgehead atoms. The highest BCUT2D eigenvalue weighted by molar-refractivity contribution is 5.92. The number of amides is 1. The van der Waals surface area contributed by atoms with E-state index in [-0.39, 0.29) is 12.5 Å². The third kappa shape index (κ3) is 6.07. The van der Waals surface area contributed by atoms with Gasteiger partial charge < -0.3 is 4.90 Å². The Morgan fingerprint density at radius 3 is 2.44 bits per heavy atom. The molecule has 1 atom stereocenters. The van der Waals surface area contributed by atoms with Crippen molar-refractivity contribution in [1.29, 1.82) is 0 Å². The summed E-state index contributed by atoms with van der Waals surface area (Å²) < 4.78 is 13.2. The van der Waals surface area contributed by atoms with Crippen LogP contribution in [0, 0.1) is 5.92 Å². The highest BCUT2D eigenvalue weighted by Crippen LogP contribution is 2.21. The van der Waals surface area contributed by atoms with E-state index < -0.39 is 6.17 Å². The van der Waals surface area contributed by atoms with Crippen LogP contribution in [0.1, 0.15) is 63.6 Å². The van der Waals surface area contributed by atoms with Crippen LogP contribution in [0.2, 0.25) is 0 Å². The van der Waals surface area contributed by atoms with E-state index in [9.17, 15) is 9.18 Å². The molecule has 0 aromatic carbocycles. The smallest absolute Gasteiger partial charge is 0.272 e. The summed E-state index contributed by atoms with van der Waals surface area (Å²) in [6, 6.07) is 5.55. The molecule has 0 aliphatic carbocycles. The van der Waals surface area contributed by atoms with Crippen molar-refractivity contribution in [1.82, 2.24) is 14.8 Å². The van der Waals surface area contributed by atoms with Gasteiger partial charge in [0, 0.05) is 26.2 Å². The normalized spacial score (nSPS) is 20.1. The molecular weight excluding hydrogens is 317 g/mol. The van der Waals surface area contributed by atoms with Crippen LogP contribution in [0.4, 0.5) is 4.39 Å². The Labute approximate surface area is 152 Å². The predicted octanol–water partition coefficient (Wildman–Crippen LogP) is 4.16. The number of halogens is 1. The van der Waals surface area contributed by atoms with Crippen molar-refractivity contribution in [3.05, 3.63) is 29.6 Å². The number of aromatic nitrogens is 1. The van der Waals surface area contributed by atoms with Gasteiger partial charge in [-0.3, -0.25) is 9.69 Å². The van der Waals surface area contributed by atoms with Gasteiger partial charge in [0.15, 0.2) is 0 Å². The molecule has 3 heterocycles. The van der Waals surface area contributed by atoms with Crippen LogP contribution < -0.4 is 0 Å². The molecule has 1 aromatic heterocycles. The summed E-state index contributed by atoms with van der Waals surface area (Å²) in [7, 11) is 0. The molecule has 2 saturated heterocycles. The van der Waals surface area contributed by atoms with E-state index in [4.69, 9.17) is 0 Å². The summed E-state index contributed by atoms with van der Waals surface area (Å²) in [5.74, 6) is 0.660. The van der Waals surface area contributed by atoms with Crippen molar-refractivity contribution in [2.45, 2.75) is 60.2 Å². The zero-order chi connectivity index (χ0) is 18.8. The summed E-state index contributed by atoms with van der Waals surface area (Å²) >= 11 is 0. The van der Waals surface area contributed by atoms with Crippen molar-refractivity contribution in [3.63, 3.8) is 0 Å². The van der Waals surface area contributed by atoms with Crippen LogP contribution in [-0.2, 0) is 6.54 Å². The number of hydrogen-bond donors (Lipinski definition) is 0. The highest BCUT2D eigenvalue weighted by atomic mass is 19.1. The minimum absolute atomic E-state index is 0.146. The molecule has 1 unspecified atom stereocenters. The third-order valence-corrected chi connectivity index (χ3v) is 4.44. The van der Waals surface area contributed by atoms with Crippen molar-refractivity contribution in [2.75, 3.05) is 26.2 Å². The van der Waals surface area contributed by atoms with Crippen molar-refractivity contribution >= 4 is 5.91 Å². The van der Waals surface area contributed by atoms with Gasteiger partial charge in [0.2, 0.25) is 0 Å². The SMILES string of the molecule is CC.CC.CCC1CN(Cc2cccc(C(=O)N3CCC(F)C3)n2)C1. The van der Waals surface area contributed by atoms with E-state index in [1.54, 1.807) is 11.0 Å². The van der Waals surface area contributed by atoms with E-state index in [0.29, 0.717) is 18.7 Å². The molecule has 2 aliphatic heterocycles. The second-order valence-electron chi connectivity index (χ2n) is 6.12. The number of likely N-dealkylation sites (tertiary alicyclic amines) is 2. The molecule has 25 heavy (non-hydrogen) atoms. The van der Waals surface area contributed by atoms with Gasteiger partial charge in [-0.15, -0.1) is 0 Å². The van der Waals surface area contributed by atoms with E-state index in [0.717, 1.165) is 31.2 Å². The molecule has 3 rings (SSSR count).